The second-order valence-corrected chi connectivity index (χ2v) is 8.49. The van der Waals surface area contributed by atoms with Gasteiger partial charge in [0, 0.05) is 35.2 Å². The van der Waals surface area contributed by atoms with E-state index < -0.39 is 10.8 Å². The predicted octanol–water partition coefficient (Wildman–Crippen LogP) is 3.24. The van der Waals surface area contributed by atoms with Crippen LogP contribution in [0.1, 0.15) is 39.3 Å². The van der Waals surface area contributed by atoms with Crippen LogP contribution in [0.5, 0.6) is 0 Å². The molecule has 0 spiro atoms. The summed E-state index contributed by atoms with van der Waals surface area (Å²) in [6.07, 6.45) is 1.53. The Hall–Kier alpha value is -2.85. The Bertz CT molecular complexity index is 949. The van der Waals surface area contributed by atoms with Crippen molar-refractivity contribution in [2.24, 2.45) is 0 Å². The molecule has 3 rings (SSSR count). The van der Waals surface area contributed by atoms with Crippen molar-refractivity contribution in [3.05, 3.63) is 50.0 Å². The number of carbonyl (C=O) groups excluding carboxylic acids is 2. The second-order valence-electron chi connectivity index (χ2n) is 7.29. The number of nitro groups is 1. The minimum Gasteiger partial charge on any atom is -0.376 e. The summed E-state index contributed by atoms with van der Waals surface area (Å²) in [6, 6.07) is 4.33. The van der Waals surface area contributed by atoms with Gasteiger partial charge in [0.1, 0.15) is 6.54 Å². The lowest BCUT2D eigenvalue weighted by molar-refractivity contribution is -0.385. The summed E-state index contributed by atoms with van der Waals surface area (Å²) in [4.78, 5) is 43.1. The zero-order chi connectivity index (χ0) is 21.8. The van der Waals surface area contributed by atoms with Crippen molar-refractivity contribution in [2.75, 3.05) is 25.0 Å². The first-order chi connectivity index (χ1) is 14.2. The van der Waals surface area contributed by atoms with E-state index in [0.29, 0.717) is 17.3 Å². The van der Waals surface area contributed by atoms with Gasteiger partial charge in [0.05, 0.1) is 16.7 Å². The quantitative estimate of drug-likeness (QED) is 0.531. The van der Waals surface area contributed by atoms with Crippen molar-refractivity contribution in [3.8, 4) is 0 Å². The number of amides is 2. The van der Waals surface area contributed by atoms with E-state index in [4.69, 9.17) is 4.74 Å². The number of carbonyl (C=O) groups is 2. The minimum absolute atomic E-state index is 0.129. The van der Waals surface area contributed by atoms with Crippen LogP contribution in [-0.4, -0.2) is 52.4 Å². The first-order valence-corrected chi connectivity index (χ1v) is 10.5. The molecule has 2 heterocycles. The molecule has 0 bridgehead atoms. The summed E-state index contributed by atoms with van der Waals surface area (Å²) < 4.78 is 5.63. The molecule has 1 unspecified atom stereocenters. The Morgan fingerprint density at radius 2 is 2.13 bits per heavy atom. The first kappa shape index (κ1) is 21.8. The Labute approximate surface area is 178 Å². The molecule has 1 saturated heterocycles. The highest BCUT2D eigenvalue weighted by molar-refractivity contribution is 7.15. The summed E-state index contributed by atoms with van der Waals surface area (Å²) in [7, 11) is 0. The van der Waals surface area contributed by atoms with Crippen molar-refractivity contribution >= 4 is 34.0 Å². The number of nitrogens with zero attached hydrogens (tertiary/aromatic N) is 3. The van der Waals surface area contributed by atoms with Crippen molar-refractivity contribution in [2.45, 2.75) is 39.7 Å². The third-order valence-corrected chi connectivity index (χ3v) is 5.99. The average Bonchev–Trinajstić information content (AvgIpc) is 3.30. The highest BCUT2D eigenvalue weighted by atomic mass is 32.1. The number of anilines is 1. The van der Waals surface area contributed by atoms with E-state index in [1.165, 1.54) is 28.4 Å². The van der Waals surface area contributed by atoms with Crippen LogP contribution in [0.3, 0.4) is 0 Å². The largest absolute Gasteiger partial charge is 0.376 e. The van der Waals surface area contributed by atoms with Crippen molar-refractivity contribution in [1.29, 1.82) is 0 Å². The van der Waals surface area contributed by atoms with Gasteiger partial charge in [-0.1, -0.05) is 6.07 Å². The van der Waals surface area contributed by atoms with Gasteiger partial charge in [-0.3, -0.25) is 19.7 Å². The molecule has 1 fully saturated rings. The number of aromatic nitrogens is 1. The standard InChI is InChI=1S/C20H24N4O5S/c1-12-6-7-15(9-17(12)24(27)28)19(26)23(10-16-5-4-8-29-16)11-18(25)22-20-21-13(2)14(3)30-20/h6-7,9,16H,4-5,8,10-11H2,1-3H3,(H,21,22,25). The molecule has 0 aliphatic carbocycles. The maximum atomic E-state index is 13.1. The molecule has 1 aliphatic heterocycles. The molecule has 1 N–H and O–H groups in total. The van der Waals surface area contributed by atoms with E-state index in [1.807, 2.05) is 13.8 Å². The highest BCUT2D eigenvalue weighted by Crippen LogP contribution is 2.23. The van der Waals surface area contributed by atoms with E-state index in [0.717, 1.165) is 23.4 Å². The Balaban J connectivity index is 1.79. The lowest BCUT2D eigenvalue weighted by Crippen LogP contribution is -2.42. The highest BCUT2D eigenvalue weighted by Gasteiger charge is 2.27. The van der Waals surface area contributed by atoms with E-state index in [9.17, 15) is 19.7 Å². The fourth-order valence-electron chi connectivity index (χ4n) is 3.23. The summed E-state index contributed by atoms with van der Waals surface area (Å²) in [5, 5.41) is 14.5. The van der Waals surface area contributed by atoms with E-state index >= 15 is 0 Å². The molecular formula is C20H24N4O5S. The van der Waals surface area contributed by atoms with Crippen molar-refractivity contribution < 1.29 is 19.2 Å². The molecule has 10 heteroatoms. The van der Waals surface area contributed by atoms with Gasteiger partial charge in [0.15, 0.2) is 5.13 Å². The molecule has 2 amide bonds. The van der Waals surface area contributed by atoms with Gasteiger partial charge in [-0.2, -0.15) is 0 Å². The van der Waals surface area contributed by atoms with Gasteiger partial charge in [-0.25, -0.2) is 4.98 Å². The Morgan fingerprint density at radius 3 is 2.73 bits per heavy atom. The minimum atomic E-state index is -0.517. The third-order valence-electron chi connectivity index (χ3n) is 5.00. The molecule has 9 nitrogen and oxygen atoms in total. The molecule has 30 heavy (non-hydrogen) atoms. The van der Waals surface area contributed by atoms with Crippen LogP contribution in [-0.2, 0) is 9.53 Å². The maximum Gasteiger partial charge on any atom is 0.273 e. The van der Waals surface area contributed by atoms with Crippen molar-refractivity contribution in [1.82, 2.24) is 9.88 Å². The van der Waals surface area contributed by atoms with Gasteiger partial charge < -0.3 is 15.0 Å². The number of aryl methyl sites for hydroxylation is 3. The molecule has 1 aliphatic rings. The summed E-state index contributed by atoms with van der Waals surface area (Å²) in [6.45, 7) is 6.05. The average molecular weight is 433 g/mol. The molecule has 2 aromatic rings. The van der Waals surface area contributed by atoms with Gasteiger partial charge in [0.25, 0.3) is 11.6 Å². The number of benzene rings is 1. The monoisotopic (exact) mass is 432 g/mol. The van der Waals surface area contributed by atoms with Gasteiger partial charge in [0.2, 0.25) is 5.91 Å². The number of ether oxygens (including phenoxy) is 1. The zero-order valence-corrected chi connectivity index (χ0v) is 18.0. The normalized spacial score (nSPS) is 15.8. The topological polar surface area (TPSA) is 115 Å². The van der Waals surface area contributed by atoms with Gasteiger partial charge >= 0.3 is 0 Å². The fourth-order valence-corrected chi connectivity index (χ4v) is 4.06. The Morgan fingerprint density at radius 1 is 1.37 bits per heavy atom. The summed E-state index contributed by atoms with van der Waals surface area (Å²) >= 11 is 1.37. The third kappa shape index (κ3) is 5.19. The maximum absolute atomic E-state index is 13.1. The van der Waals surface area contributed by atoms with Crippen LogP contribution in [0.4, 0.5) is 10.8 Å². The van der Waals surface area contributed by atoms with Crippen molar-refractivity contribution in [3.63, 3.8) is 0 Å². The van der Waals surface area contributed by atoms with E-state index in [-0.39, 0.29) is 36.4 Å². The molecule has 1 aromatic carbocycles. The molecule has 0 radical (unpaired) electrons. The predicted molar refractivity (Wildman–Crippen MR) is 113 cm³/mol. The summed E-state index contributed by atoms with van der Waals surface area (Å²) in [5.41, 5.74) is 1.35. The molecule has 1 atom stereocenters. The van der Waals surface area contributed by atoms with E-state index in [1.54, 1.807) is 13.0 Å². The number of rotatable bonds is 7. The lowest BCUT2D eigenvalue weighted by Gasteiger charge is -2.25. The first-order valence-electron chi connectivity index (χ1n) is 9.64. The molecule has 160 valence electrons. The number of nitro benzene ring substituents is 1. The van der Waals surface area contributed by atoms with Crippen LogP contribution < -0.4 is 5.32 Å². The fraction of sp³-hybridized carbons (Fsp3) is 0.450. The number of thiazole rings is 1. The molecule has 0 saturated carbocycles. The van der Waals surface area contributed by atoms with Crippen LogP contribution in [0.15, 0.2) is 18.2 Å². The van der Waals surface area contributed by atoms with E-state index in [2.05, 4.69) is 10.3 Å². The van der Waals surface area contributed by atoms with Gasteiger partial charge in [-0.05, 0) is 39.7 Å². The second kappa shape index (κ2) is 9.31. The van der Waals surface area contributed by atoms with Crippen LogP contribution in [0.2, 0.25) is 0 Å². The number of hydrogen-bond donors (Lipinski definition) is 1. The summed E-state index contributed by atoms with van der Waals surface area (Å²) in [5.74, 6) is -0.827. The number of hydrogen-bond acceptors (Lipinski definition) is 7. The molecule has 1 aromatic heterocycles. The SMILES string of the molecule is Cc1ccc(C(=O)N(CC(=O)Nc2nc(C)c(C)s2)CC2CCCO2)cc1[N+](=O)[O-]. The van der Waals surface area contributed by atoms with Gasteiger partial charge in [-0.15, -0.1) is 11.3 Å². The van der Waals surface area contributed by atoms with Crippen LogP contribution in [0, 0.1) is 30.9 Å². The number of nitrogens with one attached hydrogen (secondary N) is 1. The lowest BCUT2D eigenvalue weighted by atomic mass is 10.1. The van der Waals surface area contributed by atoms with Crippen LogP contribution >= 0.6 is 11.3 Å². The molecular weight excluding hydrogens is 408 g/mol. The Kier molecular flexibility index (Phi) is 6.78. The zero-order valence-electron chi connectivity index (χ0n) is 17.1. The van der Waals surface area contributed by atoms with Crippen LogP contribution in [0.25, 0.3) is 0 Å². The smallest absolute Gasteiger partial charge is 0.273 e.